The van der Waals surface area contributed by atoms with E-state index in [1.807, 2.05) is 56.1 Å². The lowest BCUT2D eigenvalue weighted by Crippen LogP contribution is -2.49. The molecule has 0 aromatic heterocycles. The largest absolute Gasteiger partial charge is 0.444 e. The average Bonchev–Trinajstić information content (AvgIpc) is 2.44. The molecule has 0 fully saturated rings. The van der Waals surface area contributed by atoms with Gasteiger partial charge in [0.15, 0.2) is 5.78 Å². The molecule has 0 saturated carbocycles. The van der Waals surface area contributed by atoms with E-state index in [-0.39, 0.29) is 11.7 Å². The number of Topliss-reactive ketones (excluding diaryl/α,β-unsaturated/α-hetero) is 1. The Hall–Kier alpha value is -1.88. The van der Waals surface area contributed by atoms with Crippen molar-refractivity contribution in [1.82, 2.24) is 10.2 Å². The molecule has 25 heavy (non-hydrogen) atoms. The highest BCUT2D eigenvalue weighted by atomic mass is 16.6. The summed E-state index contributed by atoms with van der Waals surface area (Å²) in [5.74, 6) is 0.274. The number of ketones is 1. The molecule has 1 amide bonds. The van der Waals surface area contributed by atoms with Crippen LogP contribution < -0.4 is 5.32 Å². The lowest BCUT2D eigenvalue weighted by Gasteiger charge is -2.26. The molecule has 1 rings (SSSR count). The van der Waals surface area contributed by atoms with Crippen LogP contribution in [0.3, 0.4) is 0 Å². The van der Waals surface area contributed by atoms with Crippen molar-refractivity contribution in [2.24, 2.45) is 5.92 Å². The van der Waals surface area contributed by atoms with Gasteiger partial charge in [0.25, 0.3) is 0 Å². The third-order valence-electron chi connectivity index (χ3n) is 3.48. The summed E-state index contributed by atoms with van der Waals surface area (Å²) in [6.45, 7) is 10.6. The zero-order valence-electron chi connectivity index (χ0n) is 16.3. The topological polar surface area (TPSA) is 58.6 Å². The molecule has 0 bridgehead atoms. The highest BCUT2D eigenvalue weighted by Gasteiger charge is 2.25. The number of alkyl carbamates (subject to hydrolysis) is 1. The third kappa shape index (κ3) is 9.25. The van der Waals surface area contributed by atoms with E-state index in [9.17, 15) is 9.59 Å². The summed E-state index contributed by atoms with van der Waals surface area (Å²) in [4.78, 5) is 26.7. The first-order valence-corrected chi connectivity index (χ1v) is 8.81. The van der Waals surface area contributed by atoms with Gasteiger partial charge in [-0.05, 0) is 39.3 Å². The van der Waals surface area contributed by atoms with Gasteiger partial charge in [-0.15, -0.1) is 0 Å². The number of nitrogens with zero attached hydrogens (tertiary/aromatic N) is 1. The van der Waals surface area contributed by atoms with Crippen molar-refractivity contribution in [2.45, 2.75) is 59.2 Å². The number of carbonyl (C=O) groups is 2. The van der Waals surface area contributed by atoms with Crippen LogP contribution in [0.2, 0.25) is 0 Å². The van der Waals surface area contributed by atoms with E-state index in [2.05, 4.69) is 5.32 Å². The number of hydrogen-bond acceptors (Lipinski definition) is 4. The molecule has 1 N–H and O–H groups in total. The molecular formula is C20H32N2O3. The Morgan fingerprint density at radius 2 is 1.76 bits per heavy atom. The number of benzene rings is 1. The van der Waals surface area contributed by atoms with Gasteiger partial charge in [0.2, 0.25) is 0 Å². The fourth-order valence-electron chi connectivity index (χ4n) is 2.49. The van der Waals surface area contributed by atoms with Gasteiger partial charge in [0.05, 0.1) is 0 Å². The van der Waals surface area contributed by atoms with Crippen LogP contribution in [0.15, 0.2) is 30.3 Å². The molecule has 0 spiro atoms. The van der Waals surface area contributed by atoms with Crippen LogP contribution in [0.5, 0.6) is 0 Å². The molecule has 1 atom stereocenters. The van der Waals surface area contributed by atoms with Crippen molar-refractivity contribution >= 4 is 11.9 Å². The summed E-state index contributed by atoms with van der Waals surface area (Å²) in [5, 5.41) is 2.74. The maximum absolute atomic E-state index is 12.5. The summed E-state index contributed by atoms with van der Waals surface area (Å²) >= 11 is 0. The van der Waals surface area contributed by atoms with E-state index in [1.165, 1.54) is 0 Å². The molecule has 140 valence electrons. The fraction of sp³-hybridized carbons (Fsp3) is 0.600. The van der Waals surface area contributed by atoms with Crippen molar-refractivity contribution in [3.8, 4) is 0 Å². The second-order valence-electron chi connectivity index (χ2n) is 7.95. The molecule has 0 radical (unpaired) electrons. The van der Waals surface area contributed by atoms with Gasteiger partial charge in [-0.3, -0.25) is 9.69 Å². The smallest absolute Gasteiger partial charge is 0.408 e. The minimum Gasteiger partial charge on any atom is -0.444 e. The maximum atomic E-state index is 12.5. The van der Waals surface area contributed by atoms with Crippen LogP contribution in [-0.4, -0.2) is 42.0 Å². The van der Waals surface area contributed by atoms with Crippen LogP contribution in [0.1, 0.15) is 46.6 Å². The van der Waals surface area contributed by atoms with Gasteiger partial charge < -0.3 is 10.1 Å². The Morgan fingerprint density at radius 3 is 2.28 bits per heavy atom. The number of hydrogen-bond donors (Lipinski definition) is 1. The molecule has 1 aromatic rings. The van der Waals surface area contributed by atoms with Crippen molar-refractivity contribution < 1.29 is 14.3 Å². The zero-order valence-corrected chi connectivity index (χ0v) is 16.3. The van der Waals surface area contributed by atoms with Crippen molar-refractivity contribution in [3.63, 3.8) is 0 Å². The fourth-order valence-corrected chi connectivity index (χ4v) is 2.49. The molecule has 5 nitrogen and oxygen atoms in total. The molecule has 1 aromatic carbocycles. The van der Waals surface area contributed by atoms with Gasteiger partial charge >= 0.3 is 6.09 Å². The van der Waals surface area contributed by atoms with Crippen molar-refractivity contribution in [2.75, 3.05) is 13.6 Å². The molecule has 0 aliphatic heterocycles. The number of rotatable bonds is 8. The lowest BCUT2D eigenvalue weighted by molar-refractivity contribution is -0.122. The maximum Gasteiger partial charge on any atom is 0.408 e. The quantitative estimate of drug-likeness (QED) is 0.779. The van der Waals surface area contributed by atoms with Crippen molar-refractivity contribution in [3.05, 3.63) is 35.9 Å². The summed E-state index contributed by atoms with van der Waals surface area (Å²) in [5.41, 5.74) is 0.573. The highest BCUT2D eigenvalue weighted by molar-refractivity contribution is 5.87. The highest BCUT2D eigenvalue weighted by Crippen LogP contribution is 2.10. The first-order chi connectivity index (χ1) is 11.6. The normalized spacial score (nSPS) is 13.0. The summed E-state index contributed by atoms with van der Waals surface area (Å²) in [6, 6.07) is 9.46. The summed E-state index contributed by atoms with van der Waals surface area (Å²) < 4.78 is 5.30. The Kier molecular flexibility index (Phi) is 8.10. The Labute approximate surface area is 151 Å². The zero-order chi connectivity index (χ0) is 19.0. The van der Waals surface area contributed by atoms with E-state index < -0.39 is 17.7 Å². The van der Waals surface area contributed by atoms with E-state index in [1.54, 1.807) is 20.8 Å². The molecular weight excluding hydrogens is 316 g/mol. The summed E-state index contributed by atoms with van der Waals surface area (Å²) in [6.07, 6.45) is -0.123. The molecule has 0 aliphatic rings. The predicted molar refractivity (Wildman–Crippen MR) is 100 cm³/mol. The van der Waals surface area contributed by atoms with E-state index >= 15 is 0 Å². The number of carbonyl (C=O) groups excluding carboxylic acids is 2. The van der Waals surface area contributed by atoms with E-state index in [0.29, 0.717) is 19.5 Å². The standard InChI is InChI=1S/C20H32N2O3/c1-15(2)12-18(23)17(21-19(24)25-20(3,4)5)14-22(6)13-16-10-8-7-9-11-16/h7-11,15,17H,12-14H2,1-6H3,(H,21,24). The van der Waals surface area contributed by atoms with Gasteiger partial charge in [-0.2, -0.15) is 0 Å². The number of ether oxygens (including phenoxy) is 1. The summed E-state index contributed by atoms with van der Waals surface area (Å²) in [7, 11) is 1.94. The number of nitrogens with one attached hydrogen (secondary N) is 1. The SMILES string of the molecule is CC(C)CC(=O)C(CN(C)Cc1ccccc1)NC(=O)OC(C)(C)C. The lowest BCUT2D eigenvalue weighted by atomic mass is 10.0. The number of amides is 1. The van der Waals surface area contributed by atoms with Crippen LogP contribution >= 0.6 is 0 Å². The van der Waals surface area contributed by atoms with Crippen LogP contribution in [-0.2, 0) is 16.1 Å². The van der Waals surface area contributed by atoms with Crippen LogP contribution in [0, 0.1) is 5.92 Å². The molecule has 0 saturated heterocycles. The van der Waals surface area contributed by atoms with E-state index in [4.69, 9.17) is 4.74 Å². The molecule has 1 unspecified atom stereocenters. The predicted octanol–water partition coefficient (Wildman–Crippen LogP) is 3.63. The first kappa shape index (κ1) is 21.2. The number of likely N-dealkylation sites (N-methyl/N-ethyl adjacent to an activating group) is 1. The second-order valence-corrected chi connectivity index (χ2v) is 7.95. The minimum absolute atomic E-state index is 0.0285. The molecule has 0 heterocycles. The Bertz CT molecular complexity index is 550. The second kappa shape index (κ2) is 9.56. The van der Waals surface area contributed by atoms with Gasteiger partial charge in [0.1, 0.15) is 11.6 Å². The third-order valence-corrected chi connectivity index (χ3v) is 3.48. The minimum atomic E-state index is -0.592. The van der Waals surface area contributed by atoms with Crippen LogP contribution in [0.25, 0.3) is 0 Å². The monoisotopic (exact) mass is 348 g/mol. The van der Waals surface area contributed by atoms with Crippen LogP contribution in [0.4, 0.5) is 4.79 Å². The molecule has 0 aliphatic carbocycles. The first-order valence-electron chi connectivity index (χ1n) is 8.81. The van der Waals surface area contributed by atoms with Gasteiger partial charge in [-0.1, -0.05) is 44.2 Å². The van der Waals surface area contributed by atoms with Gasteiger partial charge in [-0.25, -0.2) is 4.79 Å². The van der Waals surface area contributed by atoms with E-state index in [0.717, 1.165) is 5.56 Å². The Morgan fingerprint density at radius 1 is 1.16 bits per heavy atom. The molecule has 5 heteroatoms. The van der Waals surface area contributed by atoms with Crippen molar-refractivity contribution in [1.29, 1.82) is 0 Å². The average molecular weight is 348 g/mol. The Balaban J connectivity index is 2.72. The van der Waals surface area contributed by atoms with Gasteiger partial charge in [0, 0.05) is 19.5 Å².